The molecule has 0 aliphatic carbocycles. The summed E-state index contributed by atoms with van der Waals surface area (Å²) in [6.45, 7) is 2.49. The maximum Gasteiger partial charge on any atom is 0.317 e. The third kappa shape index (κ3) is 4.03. The molecule has 0 N–H and O–H groups in total. The molecule has 2 nitrogen and oxygen atoms in total. The van der Waals surface area contributed by atoms with Crippen molar-refractivity contribution in [2.24, 2.45) is 0 Å². The van der Waals surface area contributed by atoms with Crippen LogP contribution in [0.5, 0.6) is 0 Å². The van der Waals surface area contributed by atoms with Crippen LogP contribution >= 0.6 is 0 Å². The van der Waals surface area contributed by atoms with Gasteiger partial charge in [-0.05, 0) is 36.4 Å². The molecule has 5 rings (SSSR count). The lowest BCUT2D eigenvalue weighted by Crippen LogP contribution is -2.29. The van der Waals surface area contributed by atoms with Crippen LogP contribution in [-0.2, 0) is 23.2 Å². The van der Waals surface area contributed by atoms with E-state index in [4.69, 9.17) is 0 Å². The number of halogens is 10. The van der Waals surface area contributed by atoms with E-state index in [1.165, 1.54) is 13.8 Å². The SMILES string of the molecule is CC1(C)c2cccc(n2)C(F)(F)c2cc(c(F)cc2F)C(F)(F)c2cccc(n2)C(F)(F)c2cc1c(F)cc2F. The molecule has 0 unspecified atom stereocenters. The second kappa shape index (κ2) is 8.77. The smallest absolute Gasteiger partial charge is 0.250 e. The Morgan fingerprint density at radius 2 is 0.750 bits per heavy atom. The summed E-state index contributed by atoms with van der Waals surface area (Å²) in [6, 6.07) is 4.99. The zero-order valence-corrected chi connectivity index (χ0v) is 20.4. The van der Waals surface area contributed by atoms with Crippen molar-refractivity contribution in [1.29, 1.82) is 0 Å². The zero-order valence-electron chi connectivity index (χ0n) is 20.4. The Morgan fingerprint density at radius 1 is 0.450 bits per heavy atom. The number of hydrogen-bond donors (Lipinski definition) is 0. The third-order valence-corrected chi connectivity index (χ3v) is 6.91. The highest BCUT2D eigenvalue weighted by atomic mass is 19.3. The number of rotatable bonds is 0. The molecule has 0 saturated heterocycles. The van der Waals surface area contributed by atoms with Gasteiger partial charge in [-0.15, -0.1) is 0 Å². The quantitative estimate of drug-likeness (QED) is 0.200. The average molecular weight is 570 g/mol. The number of alkyl halides is 6. The van der Waals surface area contributed by atoms with Gasteiger partial charge >= 0.3 is 17.8 Å². The van der Waals surface area contributed by atoms with Crippen molar-refractivity contribution in [2.75, 3.05) is 0 Å². The molecule has 1 aliphatic rings. The first kappa shape index (κ1) is 27.6. The van der Waals surface area contributed by atoms with E-state index in [-0.39, 0.29) is 23.9 Å². The molecule has 8 bridgehead atoms. The van der Waals surface area contributed by atoms with E-state index in [1.54, 1.807) is 0 Å². The minimum atomic E-state index is -4.63. The first-order valence-corrected chi connectivity index (χ1v) is 11.6. The molecule has 3 heterocycles. The summed E-state index contributed by atoms with van der Waals surface area (Å²) in [6.07, 6.45) is 0. The lowest BCUT2D eigenvalue weighted by Gasteiger charge is -2.29. The standard InChI is InChI=1S/C28H16F10N2/c1-25(2)13-9-14(18(30)11-17(13)29)26(33,34)23-7-4-8-24(40-23)28(37,38)16-10-15(19(31)12-20(16)32)27(35,36)22-6-3-5-21(25)39-22/h3-12H,1-2H3. The molecule has 208 valence electrons. The van der Waals surface area contributed by atoms with E-state index in [9.17, 15) is 13.2 Å². The average Bonchev–Trinajstić information content (AvgIpc) is 2.87. The first-order valence-electron chi connectivity index (χ1n) is 11.6. The van der Waals surface area contributed by atoms with Crippen molar-refractivity contribution in [3.8, 4) is 0 Å². The molecule has 0 amide bonds. The van der Waals surface area contributed by atoms with Gasteiger partial charge in [0.25, 0.3) is 0 Å². The summed E-state index contributed by atoms with van der Waals surface area (Å²) in [4.78, 5) is 7.00. The predicted molar refractivity (Wildman–Crippen MR) is 122 cm³/mol. The molecular formula is C28H16F10N2. The Bertz CT molecular complexity index is 1440. The van der Waals surface area contributed by atoms with Crippen LogP contribution in [-0.4, -0.2) is 9.97 Å². The van der Waals surface area contributed by atoms with Gasteiger partial charge < -0.3 is 0 Å². The molecule has 2 aromatic heterocycles. The van der Waals surface area contributed by atoms with E-state index in [0.29, 0.717) is 24.3 Å². The molecule has 2 aromatic carbocycles. The highest BCUT2D eigenvalue weighted by Gasteiger charge is 2.47. The van der Waals surface area contributed by atoms with Gasteiger partial charge in [-0.25, -0.2) is 22.5 Å². The summed E-state index contributed by atoms with van der Waals surface area (Å²) >= 11 is 0. The summed E-state index contributed by atoms with van der Waals surface area (Å²) in [5.41, 5.74) is -11.7. The van der Waals surface area contributed by atoms with Crippen molar-refractivity contribution < 1.29 is 43.9 Å². The molecule has 0 saturated carbocycles. The summed E-state index contributed by atoms with van der Waals surface area (Å²) < 4.78 is 153. The maximum atomic E-state index is 15.6. The van der Waals surface area contributed by atoms with Crippen molar-refractivity contribution in [2.45, 2.75) is 37.0 Å². The fourth-order valence-corrected chi connectivity index (χ4v) is 4.59. The minimum Gasteiger partial charge on any atom is -0.250 e. The Kier molecular flexibility index (Phi) is 6.05. The molecule has 0 fully saturated rings. The molecule has 0 spiro atoms. The van der Waals surface area contributed by atoms with Gasteiger partial charge in [0.15, 0.2) is 0 Å². The fourth-order valence-electron chi connectivity index (χ4n) is 4.59. The molecule has 0 radical (unpaired) electrons. The zero-order chi connectivity index (χ0) is 29.4. The van der Waals surface area contributed by atoms with Crippen LogP contribution in [0.1, 0.15) is 58.9 Å². The van der Waals surface area contributed by atoms with Crippen molar-refractivity contribution in [1.82, 2.24) is 9.97 Å². The van der Waals surface area contributed by atoms with E-state index >= 15 is 30.7 Å². The highest BCUT2D eigenvalue weighted by molar-refractivity contribution is 5.45. The van der Waals surface area contributed by atoms with E-state index in [2.05, 4.69) is 9.97 Å². The second-order valence-corrected chi connectivity index (χ2v) is 9.79. The van der Waals surface area contributed by atoms with Gasteiger partial charge in [-0.3, -0.25) is 4.98 Å². The van der Waals surface area contributed by atoms with Crippen molar-refractivity contribution in [3.63, 3.8) is 0 Å². The number of nitrogens with zero attached hydrogens (tertiary/aromatic N) is 2. The van der Waals surface area contributed by atoms with Crippen LogP contribution in [0.25, 0.3) is 0 Å². The Balaban J connectivity index is 1.92. The summed E-state index contributed by atoms with van der Waals surface area (Å²) in [7, 11) is 0. The number of pyridine rings is 2. The van der Waals surface area contributed by atoms with Gasteiger partial charge in [-0.2, -0.15) is 26.3 Å². The van der Waals surface area contributed by atoms with Crippen LogP contribution in [0, 0.1) is 23.3 Å². The van der Waals surface area contributed by atoms with E-state index in [0.717, 1.165) is 18.2 Å². The number of aromatic nitrogens is 2. The Labute approximate surface area is 220 Å². The molecule has 40 heavy (non-hydrogen) atoms. The van der Waals surface area contributed by atoms with Gasteiger partial charge in [0, 0.05) is 23.1 Å². The lowest BCUT2D eigenvalue weighted by atomic mass is 9.79. The Morgan fingerprint density at radius 3 is 1.15 bits per heavy atom. The summed E-state index contributed by atoms with van der Waals surface area (Å²) in [5.74, 6) is -20.3. The molecular weight excluding hydrogens is 554 g/mol. The highest BCUT2D eigenvalue weighted by Crippen LogP contribution is 2.45. The molecule has 12 heteroatoms. The van der Waals surface area contributed by atoms with Gasteiger partial charge in [-0.1, -0.05) is 26.0 Å². The maximum absolute atomic E-state index is 15.6. The topological polar surface area (TPSA) is 25.8 Å². The Hall–Kier alpha value is -3.96. The second-order valence-electron chi connectivity index (χ2n) is 9.79. The minimum absolute atomic E-state index is 0.121. The van der Waals surface area contributed by atoms with Gasteiger partial charge in [0.2, 0.25) is 0 Å². The third-order valence-electron chi connectivity index (χ3n) is 6.91. The molecule has 4 aromatic rings. The van der Waals surface area contributed by atoms with Crippen LogP contribution in [0.3, 0.4) is 0 Å². The van der Waals surface area contributed by atoms with Crippen LogP contribution < -0.4 is 0 Å². The van der Waals surface area contributed by atoms with Crippen LogP contribution in [0.2, 0.25) is 0 Å². The number of fused-ring (bicyclic) bond motifs is 8. The van der Waals surface area contributed by atoms with Gasteiger partial charge in [0.05, 0.1) is 22.4 Å². The summed E-state index contributed by atoms with van der Waals surface area (Å²) in [5, 5.41) is 0. The largest absolute Gasteiger partial charge is 0.317 e. The van der Waals surface area contributed by atoms with Crippen molar-refractivity contribution >= 4 is 0 Å². The normalized spacial score (nSPS) is 18.3. The van der Waals surface area contributed by atoms with Crippen molar-refractivity contribution in [3.05, 3.63) is 129 Å². The van der Waals surface area contributed by atoms with E-state index < -0.39 is 85.8 Å². The lowest BCUT2D eigenvalue weighted by molar-refractivity contribution is 0.0200. The predicted octanol–water partition coefficient (Wildman–Crippen LogP) is 8.09. The molecule has 1 aliphatic heterocycles. The van der Waals surface area contributed by atoms with E-state index in [1.807, 2.05) is 0 Å². The number of hydrogen-bond acceptors (Lipinski definition) is 2. The first-order chi connectivity index (χ1) is 18.5. The van der Waals surface area contributed by atoms with Gasteiger partial charge in [0.1, 0.15) is 40.4 Å². The monoisotopic (exact) mass is 570 g/mol. The molecule has 0 atom stereocenters. The van der Waals surface area contributed by atoms with Crippen LogP contribution in [0.15, 0.2) is 60.7 Å². The van der Waals surface area contributed by atoms with Crippen LogP contribution in [0.4, 0.5) is 43.9 Å². The number of benzene rings is 2. The fraction of sp³-hybridized carbons (Fsp3) is 0.214.